The van der Waals surface area contributed by atoms with E-state index >= 15 is 0 Å². The fraction of sp³-hybridized carbons (Fsp3) is 0.500. The SMILES string of the molecule is CC1(C)CCC(n2c(N)nc3cc(F)c(Cl)cc32)C1. The average Bonchev–Trinajstić information content (AvgIpc) is 2.79. The number of imidazole rings is 1. The van der Waals surface area contributed by atoms with Crippen molar-refractivity contribution in [3.05, 3.63) is 23.0 Å². The summed E-state index contributed by atoms with van der Waals surface area (Å²) in [5.74, 6) is -0.00932. The molecule has 1 aliphatic carbocycles. The fourth-order valence-corrected chi connectivity index (χ4v) is 3.27. The number of aromatic nitrogens is 2. The molecule has 0 radical (unpaired) electrons. The van der Waals surface area contributed by atoms with Gasteiger partial charge in [-0.25, -0.2) is 9.37 Å². The van der Waals surface area contributed by atoms with Gasteiger partial charge in [0.25, 0.3) is 0 Å². The zero-order valence-electron chi connectivity index (χ0n) is 11.1. The number of nitrogens with zero attached hydrogens (tertiary/aromatic N) is 2. The summed E-state index contributed by atoms with van der Waals surface area (Å²) in [5.41, 5.74) is 7.72. The van der Waals surface area contributed by atoms with Gasteiger partial charge in [-0.1, -0.05) is 25.4 Å². The van der Waals surface area contributed by atoms with Gasteiger partial charge in [-0.3, -0.25) is 0 Å². The highest BCUT2D eigenvalue weighted by molar-refractivity contribution is 6.31. The Balaban J connectivity index is 2.13. The summed E-state index contributed by atoms with van der Waals surface area (Å²) in [6, 6.07) is 3.30. The van der Waals surface area contributed by atoms with Crippen molar-refractivity contribution >= 4 is 28.6 Å². The molecule has 0 aliphatic heterocycles. The molecule has 1 aromatic heterocycles. The van der Waals surface area contributed by atoms with Crippen molar-refractivity contribution in [2.45, 2.75) is 39.2 Å². The molecular formula is C14H17ClFN3. The molecule has 102 valence electrons. The predicted octanol–water partition coefficient (Wildman–Crippen LogP) is 4.16. The molecule has 0 saturated heterocycles. The minimum absolute atomic E-state index is 0.117. The van der Waals surface area contributed by atoms with Crippen LogP contribution >= 0.6 is 11.6 Å². The molecule has 1 atom stereocenters. The average molecular weight is 282 g/mol. The van der Waals surface area contributed by atoms with Crippen LogP contribution in [-0.4, -0.2) is 9.55 Å². The molecule has 1 fully saturated rings. The zero-order chi connectivity index (χ0) is 13.8. The molecule has 1 aromatic carbocycles. The second-order valence-corrected chi connectivity index (χ2v) is 6.56. The molecule has 1 saturated carbocycles. The molecule has 19 heavy (non-hydrogen) atoms. The first kappa shape index (κ1) is 12.7. The molecule has 2 aromatic rings. The minimum Gasteiger partial charge on any atom is -0.369 e. The fourth-order valence-electron chi connectivity index (χ4n) is 3.11. The maximum atomic E-state index is 13.5. The number of halogens is 2. The van der Waals surface area contributed by atoms with E-state index in [1.807, 2.05) is 4.57 Å². The number of nitrogen functional groups attached to an aromatic ring is 1. The first-order valence-corrected chi connectivity index (χ1v) is 6.88. The molecule has 0 bridgehead atoms. The van der Waals surface area contributed by atoms with Gasteiger partial charge in [-0.15, -0.1) is 0 Å². The Morgan fingerprint density at radius 3 is 2.84 bits per heavy atom. The number of anilines is 1. The van der Waals surface area contributed by atoms with Crippen LogP contribution in [0.1, 0.15) is 39.2 Å². The lowest BCUT2D eigenvalue weighted by Gasteiger charge is -2.19. The first-order valence-electron chi connectivity index (χ1n) is 6.50. The smallest absolute Gasteiger partial charge is 0.201 e. The second-order valence-electron chi connectivity index (χ2n) is 6.16. The molecule has 1 heterocycles. The van der Waals surface area contributed by atoms with Gasteiger partial charge in [0.2, 0.25) is 5.95 Å². The van der Waals surface area contributed by atoms with E-state index in [4.69, 9.17) is 17.3 Å². The van der Waals surface area contributed by atoms with Crippen LogP contribution in [0.15, 0.2) is 12.1 Å². The molecule has 0 amide bonds. The van der Waals surface area contributed by atoms with Crippen molar-refractivity contribution < 1.29 is 4.39 Å². The van der Waals surface area contributed by atoms with Crippen LogP contribution in [0.5, 0.6) is 0 Å². The Morgan fingerprint density at radius 2 is 2.21 bits per heavy atom. The third-order valence-electron chi connectivity index (χ3n) is 4.07. The Kier molecular flexibility index (Phi) is 2.75. The highest BCUT2D eigenvalue weighted by Gasteiger charge is 2.33. The normalized spacial score (nSPS) is 22.2. The summed E-state index contributed by atoms with van der Waals surface area (Å²) in [4.78, 5) is 4.25. The second kappa shape index (κ2) is 4.10. The molecule has 5 heteroatoms. The van der Waals surface area contributed by atoms with Gasteiger partial charge in [0.15, 0.2) is 0 Å². The molecule has 3 nitrogen and oxygen atoms in total. The van der Waals surface area contributed by atoms with Crippen LogP contribution < -0.4 is 5.73 Å². The predicted molar refractivity (Wildman–Crippen MR) is 75.8 cm³/mol. The molecular weight excluding hydrogens is 265 g/mol. The van der Waals surface area contributed by atoms with Gasteiger partial charge < -0.3 is 10.3 Å². The van der Waals surface area contributed by atoms with E-state index in [9.17, 15) is 4.39 Å². The van der Waals surface area contributed by atoms with Crippen molar-refractivity contribution in [3.8, 4) is 0 Å². The number of benzene rings is 1. The van der Waals surface area contributed by atoms with Crippen LogP contribution in [0.3, 0.4) is 0 Å². The summed E-state index contributed by atoms with van der Waals surface area (Å²) in [7, 11) is 0. The summed E-state index contributed by atoms with van der Waals surface area (Å²) in [6.07, 6.45) is 3.28. The van der Waals surface area contributed by atoms with E-state index in [2.05, 4.69) is 18.8 Å². The van der Waals surface area contributed by atoms with E-state index in [1.165, 1.54) is 6.07 Å². The van der Waals surface area contributed by atoms with Crippen molar-refractivity contribution in [3.63, 3.8) is 0 Å². The number of nitrogens with two attached hydrogens (primary N) is 1. The van der Waals surface area contributed by atoms with Crippen molar-refractivity contribution in [1.29, 1.82) is 0 Å². The van der Waals surface area contributed by atoms with Gasteiger partial charge >= 0.3 is 0 Å². The first-order chi connectivity index (χ1) is 8.87. The van der Waals surface area contributed by atoms with E-state index in [0.29, 0.717) is 22.9 Å². The van der Waals surface area contributed by atoms with Gasteiger partial charge in [0, 0.05) is 12.1 Å². The standard InChI is InChI=1S/C14H17ClFN3/c1-14(2)4-3-8(7-14)19-12-5-9(15)10(16)6-11(12)18-13(19)17/h5-6,8H,3-4,7H2,1-2H3,(H2,17,18). The summed E-state index contributed by atoms with van der Waals surface area (Å²) in [5, 5.41) is 0.117. The minimum atomic E-state index is -0.453. The monoisotopic (exact) mass is 281 g/mol. The lowest BCUT2D eigenvalue weighted by molar-refractivity contribution is 0.361. The summed E-state index contributed by atoms with van der Waals surface area (Å²) >= 11 is 5.87. The Morgan fingerprint density at radius 1 is 1.47 bits per heavy atom. The molecule has 1 aliphatic rings. The van der Waals surface area contributed by atoms with E-state index < -0.39 is 5.82 Å². The van der Waals surface area contributed by atoms with E-state index in [0.717, 1.165) is 24.8 Å². The van der Waals surface area contributed by atoms with Gasteiger partial charge in [-0.05, 0) is 30.7 Å². The Hall–Kier alpha value is -1.29. The third kappa shape index (κ3) is 2.08. The summed E-state index contributed by atoms with van der Waals surface area (Å²) in [6.45, 7) is 4.52. The number of hydrogen-bond donors (Lipinski definition) is 1. The van der Waals surface area contributed by atoms with Gasteiger partial charge in [0.1, 0.15) is 5.82 Å². The van der Waals surface area contributed by atoms with Crippen molar-refractivity contribution in [2.75, 3.05) is 5.73 Å². The maximum absolute atomic E-state index is 13.5. The number of fused-ring (bicyclic) bond motifs is 1. The highest BCUT2D eigenvalue weighted by Crippen LogP contribution is 2.45. The topological polar surface area (TPSA) is 43.8 Å². The van der Waals surface area contributed by atoms with E-state index in [1.54, 1.807) is 6.07 Å². The highest BCUT2D eigenvalue weighted by atomic mass is 35.5. The van der Waals surface area contributed by atoms with Crippen LogP contribution in [0.2, 0.25) is 5.02 Å². The van der Waals surface area contributed by atoms with Gasteiger partial charge in [-0.2, -0.15) is 0 Å². The lowest BCUT2D eigenvalue weighted by Crippen LogP contribution is -2.11. The van der Waals surface area contributed by atoms with Crippen molar-refractivity contribution in [2.24, 2.45) is 5.41 Å². The van der Waals surface area contributed by atoms with Gasteiger partial charge in [0.05, 0.1) is 16.1 Å². The zero-order valence-corrected chi connectivity index (χ0v) is 11.8. The summed E-state index contributed by atoms with van der Waals surface area (Å²) < 4.78 is 15.5. The van der Waals surface area contributed by atoms with Crippen LogP contribution in [0, 0.1) is 11.2 Å². The Labute approximate surface area is 116 Å². The van der Waals surface area contributed by atoms with E-state index in [-0.39, 0.29) is 5.02 Å². The lowest BCUT2D eigenvalue weighted by atomic mass is 9.92. The molecule has 3 rings (SSSR count). The van der Waals surface area contributed by atoms with Crippen LogP contribution in [-0.2, 0) is 0 Å². The maximum Gasteiger partial charge on any atom is 0.201 e. The number of rotatable bonds is 1. The number of hydrogen-bond acceptors (Lipinski definition) is 2. The van der Waals surface area contributed by atoms with Crippen molar-refractivity contribution in [1.82, 2.24) is 9.55 Å². The molecule has 1 unspecified atom stereocenters. The van der Waals surface area contributed by atoms with Crippen LogP contribution in [0.4, 0.5) is 10.3 Å². The molecule has 0 spiro atoms. The Bertz CT molecular complexity index is 648. The quantitative estimate of drug-likeness (QED) is 0.853. The molecule has 2 N–H and O–H groups in total. The third-order valence-corrected chi connectivity index (χ3v) is 4.36. The van der Waals surface area contributed by atoms with Crippen LogP contribution in [0.25, 0.3) is 11.0 Å². The largest absolute Gasteiger partial charge is 0.369 e.